The summed E-state index contributed by atoms with van der Waals surface area (Å²) in [5, 5.41) is 16.0. The van der Waals surface area contributed by atoms with E-state index < -0.39 is 0 Å². The Balaban J connectivity index is 2.35. The highest BCUT2D eigenvalue weighted by Gasteiger charge is 2.05. The van der Waals surface area contributed by atoms with Gasteiger partial charge < -0.3 is 10.4 Å². The molecule has 0 amide bonds. The van der Waals surface area contributed by atoms with Gasteiger partial charge in [0.25, 0.3) is 0 Å². The van der Waals surface area contributed by atoms with Gasteiger partial charge in [0.15, 0.2) is 0 Å². The third-order valence-electron chi connectivity index (χ3n) is 2.01. The minimum Gasteiger partial charge on any atom is -0.396 e. The fraction of sp³-hybridized carbons (Fsp3) is 0.667. The van der Waals surface area contributed by atoms with Gasteiger partial charge in [-0.05, 0) is 19.9 Å². The summed E-state index contributed by atoms with van der Waals surface area (Å²) in [7, 11) is 1.91. The van der Waals surface area contributed by atoms with Crippen LogP contribution in [0.1, 0.15) is 24.9 Å². The molecular weight excluding hydrogens is 166 g/mol. The second-order valence-corrected chi connectivity index (χ2v) is 3.20. The molecule has 74 valence electrons. The largest absolute Gasteiger partial charge is 0.396 e. The first kappa shape index (κ1) is 10.2. The van der Waals surface area contributed by atoms with E-state index in [0.717, 1.165) is 13.0 Å². The molecular formula is C9H17N3O. The molecule has 0 fully saturated rings. The zero-order chi connectivity index (χ0) is 9.68. The molecule has 1 aromatic rings. The normalized spacial score (nSPS) is 13.2. The molecule has 0 aliphatic heterocycles. The van der Waals surface area contributed by atoms with Gasteiger partial charge >= 0.3 is 0 Å². The molecule has 0 saturated carbocycles. The van der Waals surface area contributed by atoms with Crippen molar-refractivity contribution in [3.05, 3.63) is 18.0 Å². The monoisotopic (exact) mass is 183 g/mol. The number of nitrogens with one attached hydrogen (secondary N) is 1. The highest BCUT2D eigenvalue weighted by molar-refractivity contribution is 5.08. The summed E-state index contributed by atoms with van der Waals surface area (Å²) in [5.74, 6) is 0. The molecule has 0 radical (unpaired) electrons. The molecule has 1 atom stereocenters. The summed E-state index contributed by atoms with van der Waals surface area (Å²) < 4.78 is 1.79. The van der Waals surface area contributed by atoms with E-state index in [4.69, 9.17) is 5.11 Å². The number of aliphatic hydroxyl groups is 1. The zero-order valence-corrected chi connectivity index (χ0v) is 8.20. The van der Waals surface area contributed by atoms with Crippen molar-refractivity contribution in [2.24, 2.45) is 7.05 Å². The Morgan fingerprint density at radius 2 is 2.46 bits per heavy atom. The van der Waals surface area contributed by atoms with Crippen LogP contribution in [-0.2, 0) is 7.05 Å². The van der Waals surface area contributed by atoms with Crippen LogP contribution in [0.15, 0.2) is 12.4 Å². The summed E-state index contributed by atoms with van der Waals surface area (Å²) in [5.41, 5.74) is 1.18. The van der Waals surface area contributed by atoms with E-state index >= 15 is 0 Å². The van der Waals surface area contributed by atoms with Crippen LogP contribution in [0.2, 0.25) is 0 Å². The van der Waals surface area contributed by atoms with Crippen molar-refractivity contribution in [3.8, 4) is 0 Å². The minimum absolute atomic E-state index is 0.243. The van der Waals surface area contributed by atoms with Crippen molar-refractivity contribution < 1.29 is 5.11 Å². The maximum atomic E-state index is 8.60. The van der Waals surface area contributed by atoms with Gasteiger partial charge in [0, 0.05) is 31.5 Å². The Morgan fingerprint density at radius 1 is 1.69 bits per heavy atom. The molecule has 4 nitrogen and oxygen atoms in total. The van der Waals surface area contributed by atoms with Crippen molar-refractivity contribution in [1.29, 1.82) is 0 Å². The average molecular weight is 183 g/mol. The van der Waals surface area contributed by atoms with Crippen LogP contribution < -0.4 is 5.32 Å². The van der Waals surface area contributed by atoms with Gasteiger partial charge in [-0.25, -0.2) is 0 Å². The topological polar surface area (TPSA) is 50.1 Å². The molecule has 0 aliphatic rings. The van der Waals surface area contributed by atoms with Gasteiger partial charge in [-0.3, -0.25) is 4.68 Å². The number of nitrogens with zero attached hydrogens (tertiary/aromatic N) is 2. The van der Waals surface area contributed by atoms with Crippen LogP contribution in [0.5, 0.6) is 0 Å². The average Bonchev–Trinajstić information content (AvgIpc) is 2.52. The third-order valence-corrected chi connectivity index (χ3v) is 2.01. The van der Waals surface area contributed by atoms with Crippen LogP contribution >= 0.6 is 0 Å². The van der Waals surface area contributed by atoms with Gasteiger partial charge in [-0.1, -0.05) is 0 Å². The summed E-state index contributed by atoms with van der Waals surface area (Å²) in [4.78, 5) is 0. The van der Waals surface area contributed by atoms with Crippen LogP contribution in [0, 0.1) is 0 Å². The molecule has 0 saturated heterocycles. The highest BCUT2D eigenvalue weighted by atomic mass is 16.3. The second-order valence-electron chi connectivity index (χ2n) is 3.20. The fourth-order valence-corrected chi connectivity index (χ4v) is 1.18. The van der Waals surface area contributed by atoms with Crippen LogP contribution in [0.4, 0.5) is 0 Å². The van der Waals surface area contributed by atoms with Gasteiger partial charge in [-0.15, -0.1) is 0 Å². The number of aryl methyl sites for hydroxylation is 1. The lowest BCUT2D eigenvalue weighted by atomic mass is 10.2. The van der Waals surface area contributed by atoms with Crippen molar-refractivity contribution in [2.45, 2.75) is 19.4 Å². The Hall–Kier alpha value is -0.870. The van der Waals surface area contributed by atoms with Crippen molar-refractivity contribution in [1.82, 2.24) is 15.1 Å². The lowest BCUT2D eigenvalue weighted by Gasteiger charge is -2.10. The minimum atomic E-state index is 0.243. The molecule has 13 heavy (non-hydrogen) atoms. The Labute approximate surface area is 78.6 Å². The zero-order valence-electron chi connectivity index (χ0n) is 8.20. The lowest BCUT2D eigenvalue weighted by molar-refractivity contribution is 0.284. The molecule has 4 heteroatoms. The maximum absolute atomic E-state index is 8.60. The van der Waals surface area contributed by atoms with E-state index in [1.807, 2.05) is 19.4 Å². The molecule has 1 aromatic heterocycles. The molecule has 0 bridgehead atoms. The van der Waals surface area contributed by atoms with E-state index in [1.54, 1.807) is 4.68 Å². The first-order valence-electron chi connectivity index (χ1n) is 4.57. The predicted octanol–water partition coefficient (Wildman–Crippen LogP) is 0.453. The van der Waals surface area contributed by atoms with Gasteiger partial charge in [-0.2, -0.15) is 5.10 Å². The number of aliphatic hydroxyl groups excluding tert-OH is 1. The fourth-order valence-electron chi connectivity index (χ4n) is 1.18. The summed E-state index contributed by atoms with van der Waals surface area (Å²) in [6, 6.07) is 0.306. The van der Waals surface area contributed by atoms with Crippen molar-refractivity contribution >= 4 is 0 Å². The summed E-state index contributed by atoms with van der Waals surface area (Å²) in [6.07, 6.45) is 4.65. The predicted molar refractivity (Wildman–Crippen MR) is 51.3 cm³/mol. The highest BCUT2D eigenvalue weighted by Crippen LogP contribution is 2.09. The van der Waals surface area contributed by atoms with Crippen LogP contribution in [0.25, 0.3) is 0 Å². The van der Waals surface area contributed by atoms with Gasteiger partial charge in [0.2, 0.25) is 0 Å². The summed E-state index contributed by atoms with van der Waals surface area (Å²) in [6.45, 7) is 3.17. The molecule has 0 aromatic carbocycles. The Kier molecular flexibility index (Phi) is 3.92. The first-order valence-corrected chi connectivity index (χ1v) is 4.57. The first-order chi connectivity index (χ1) is 6.24. The molecule has 0 aliphatic carbocycles. The molecule has 2 N–H and O–H groups in total. The van der Waals surface area contributed by atoms with E-state index in [9.17, 15) is 0 Å². The third kappa shape index (κ3) is 3.16. The molecule has 0 spiro atoms. The molecule has 1 rings (SSSR count). The molecule has 0 unspecified atom stereocenters. The number of hydrogen-bond acceptors (Lipinski definition) is 3. The summed E-state index contributed by atoms with van der Waals surface area (Å²) >= 11 is 0. The van der Waals surface area contributed by atoms with E-state index in [2.05, 4.69) is 17.3 Å². The van der Waals surface area contributed by atoms with Crippen LogP contribution in [0.3, 0.4) is 0 Å². The number of aromatic nitrogens is 2. The lowest BCUT2D eigenvalue weighted by Crippen LogP contribution is -2.20. The number of rotatable bonds is 5. The van der Waals surface area contributed by atoms with Gasteiger partial charge in [0.05, 0.1) is 6.20 Å². The van der Waals surface area contributed by atoms with Crippen molar-refractivity contribution in [3.63, 3.8) is 0 Å². The Bertz CT molecular complexity index is 247. The van der Waals surface area contributed by atoms with Crippen molar-refractivity contribution in [2.75, 3.05) is 13.2 Å². The van der Waals surface area contributed by atoms with Gasteiger partial charge in [0.1, 0.15) is 0 Å². The van der Waals surface area contributed by atoms with E-state index in [1.165, 1.54) is 5.56 Å². The second kappa shape index (κ2) is 4.99. The SMILES string of the molecule is C[C@@H](NCCCO)c1cnn(C)c1. The number of hydrogen-bond donors (Lipinski definition) is 2. The van der Waals surface area contributed by atoms with E-state index in [0.29, 0.717) is 6.04 Å². The van der Waals surface area contributed by atoms with E-state index in [-0.39, 0.29) is 6.61 Å². The standard InChI is InChI=1S/C9H17N3O/c1-8(10-4-3-5-13)9-6-11-12(2)7-9/h6-8,10,13H,3-5H2,1-2H3/t8-/m1/s1. The maximum Gasteiger partial charge on any atom is 0.0537 e. The molecule has 1 heterocycles. The van der Waals surface area contributed by atoms with Crippen LogP contribution in [-0.4, -0.2) is 28.0 Å². The smallest absolute Gasteiger partial charge is 0.0537 e. The Morgan fingerprint density at radius 3 is 3.00 bits per heavy atom. The quantitative estimate of drug-likeness (QED) is 0.652.